The third kappa shape index (κ3) is 1.49. The summed E-state index contributed by atoms with van der Waals surface area (Å²) in [5.74, 6) is -1.43. The van der Waals surface area contributed by atoms with E-state index in [9.17, 15) is 8.78 Å². The minimum Gasteiger partial charge on any atom is -0.340 e. The van der Waals surface area contributed by atoms with Gasteiger partial charge in [0.1, 0.15) is 11.2 Å². The standard InChI is InChI=1S/C11H8F2N4/c1-17-4-8(14-5-17)11-15-7-3-2-6(12)9(13)10(7)16-11/h2-5H,1H3,(H,15,16). The van der Waals surface area contributed by atoms with Crippen LogP contribution in [0.25, 0.3) is 22.6 Å². The molecule has 0 amide bonds. The molecule has 0 spiro atoms. The smallest absolute Gasteiger partial charge is 0.186 e. The van der Waals surface area contributed by atoms with E-state index in [1.165, 1.54) is 6.07 Å². The molecule has 0 fully saturated rings. The van der Waals surface area contributed by atoms with E-state index in [0.717, 1.165) is 6.07 Å². The Balaban J connectivity index is 2.23. The van der Waals surface area contributed by atoms with Crippen LogP contribution in [-0.4, -0.2) is 19.5 Å². The highest BCUT2D eigenvalue weighted by Gasteiger charge is 2.13. The van der Waals surface area contributed by atoms with E-state index in [-0.39, 0.29) is 5.52 Å². The van der Waals surface area contributed by atoms with Gasteiger partial charge in [-0.15, -0.1) is 0 Å². The third-order valence-corrected chi connectivity index (χ3v) is 2.49. The SMILES string of the molecule is Cn1cnc(-c2nc3c(F)c(F)ccc3[nH]2)c1. The molecule has 0 aliphatic carbocycles. The number of hydrogen-bond acceptors (Lipinski definition) is 2. The Bertz CT molecular complexity index is 699. The van der Waals surface area contributed by atoms with Crippen LogP contribution >= 0.6 is 0 Å². The zero-order chi connectivity index (χ0) is 12.0. The fourth-order valence-electron chi connectivity index (χ4n) is 1.67. The van der Waals surface area contributed by atoms with E-state index in [2.05, 4.69) is 15.0 Å². The molecule has 1 N–H and O–H groups in total. The molecular formula is C11H8F2N4. The first-order valence-electron chi connectivity index (χ1n) is 4.97. The Labute approximate surface area is 94.9 Å². The van der Waals surface area contributed by atoms with Gasteiger partial charge in [0.2, 0.25) is 0 Å². The lowest BCUT2D eigenvalue weighted by molar-refractivity contribution is 0.515. The lowest BCUT2D eigenvalue weighted by atomic mass is 10.3. The van der Waals surface area contributed by atoms with Gasteiger partial charge in [-0.25, -0.2) is 18.7 Å². The molecule has 0 atom stereocenters. The second-order valence-corrected chi connectivity index (χ2v) is 3.77. The molecule has 0 unspecified atom stereocenters. The number of aryl methyl sites for hydroxylation is 1. The van der Waals surface area contributed by atoms with Gasteiger partial charge in [-0.3, -0.25) is 0 Å². The van der Waals surface area contributed by atoms with Crippen LogP contribution in [0.1, 0.15) is 0 Å². The predicted molar refractivity (Wildman–Crippen MR) is 58.2 cm³/mol. The number of nitrogens with zero attached hydrogens (tertiary/aromatic N) is 3. The molecule has 2 heterocycles. The fourth-order valence-corrected chi connectivity index (χ4v) is 1.67. The summed E-state index contributed by atoms with van der Waals surface area (Å²) >= 11 is 0. The molecule has 0 saturated heterocycles. The van der Waals surface area contributed by atoms with Gasteiger partial charge in [0.05, 0.1) is 11.8 Å². The molecule has 0 aliphatic heterocycles. The van der Waals surface area contributed by atoms with Crippen LogP contribution in [0.2, 0.25) is 0 Å². The monoisotopic (exact) mass is 234 g/mol. The molecule has 2 aromatic heterocycles. The molecule has 3 aromatic rings. The van der Waals surface area contributed by atoms with Crippen molar-refractivity contribution in [2.24, 2.45) is 7.05 Å². The van der Waals surface area contributed by atoms with Crippen LogP contribution in [0, 0.1) is 11.6 Å². The van der Waals surface area contributed by atoms with E-state index in [1.54, 1.807) is 17.1 Å². The van der Waals surface area contributed by atoms with Crippen LogP contribution in [-0.2, 0) is 7.05 Å². The topological polar surface area (TPSA) is 46.5 Å². The number of aromatic nitrogens is 4. The second-order valence-electron chi connectivity index (χ2n) is 3.77. The molecule has 0 saturated carbocycles. The van der Waals surface area contributed by atoms with Crippen molar-refractivity contribution in [3.05, 3.63) is 36.3 Å². The highest BCUT2D eigenvalue weighted by molar-refractivity contribution is 5.79. The molecule has 4 nitrogen and oxygen atoms in total. The van der Waals surface area contributed by atoms with Crippen molar-refractivity contribution in [2.45, 2.75) is 0 Å². The van der Waals surface area contributed by atoms with Crippen molar-refractivity contribution in [1.29, 1.82) is 0 Å². The lowest BCUT2D eigenvalue weighted by Crippen LogP contribution is -1.84. The van der Waals surface area contributed by atoms with Crippen LogP contribution in [0.4, 0.5) is 8.78 Å². The number of aromatic amines is 1. The maximum Gasteiger partial charge on any atom is 0.186 e. The zero-order valence-corrected chi connectivity index (χ0v) is 8.91. The fraction of sp³-hybridized carbons (Fsp3) is 0.0909. The summed E-state index contributed by atoms with van der Waals surface area (Å²) < 4.78 is 28.2. The Hall–Kier alpha value is -2.24. The molecule has 1 aromatic carbocycles. The number of nitrogens with one attached hydrogen (secondary N) is 1. The molecule has 0 bridgehead atoms. The molecule has 17 heavy (non-hydrogen) atoms. The Morgan fingerprint density at radius 2 is 2.12 bits per heavy atom. The van der Waals surface area contributed by atoms with Gasteiger partial charge in [-0.2, -0.15) is 0 Å². The molecule has 3 rings (SSSR count). The maximum atomic E-state index is 13.4. The summed E-state index contributed by atoms with van der Waals surface area (Å²) in [6.45, 7) is 0. The largest absolute Gasteiger partial charge is 0.340 e. The van der Waals surface area contributed by atoms with Gasteiger partial charge in [0.25, 0.3) is 0 Å². The first-order valence-corrected chi connectivity index (χ1v) is 4.97. The van der Waals surface area contributed by atoms with E-state index in [4.69, 9.17) is 0 Å². The zero-order valence-electron chi connectivity index (χ0n) is 8.91. The number of benzene rings is 1. The summed E-state index contributed by atoms with van der Waals surface area (Å²) in [4.78, 5) is 11.0. The summed E-state index contributed by atoms with van der Waals surface area (Å²) in [6.07, 6.45) is 3.35. The predicted octanol–water partition coefficient (Wildman–Crippen LogP) is 2.24. The average Bonchev–Trinajstić information content (AvgIpc) is 2.90. The van der Waals surface area contributed by atoms with E-state index >= 15 is 0 Å². The van der Waals surface area contributed by atoms with Crippen molar-refractivity contribution in [2.75, 3.05) is 0 Å². The molecule has 6 heteroatoms. The summed E-state index contributed by atoms with van der Waals surface area (Å²) in [5, 5.41) is 0. The van der Waals surface area contributed by atoms with Gasteiger partial charge in [-0.1, -0.05) is 0 Å². The van der Waals surface area contributed by atoms with E-state index in [1.807, 2.05) is 7.05 Å². The number of halogens is 2. The van der Waals surface area contributed by atoms with Gasteiger partial charge in [0.15, 0.2) is 17.5 Å². The van der Waals surface area contributed by atoms with E-state index in [0.29, 0.717) is 17.0 Å². The molecular weight excluding hydrogens is 226 g/mol. The van der Waals surface area contributed by atoms with Crippen LogP contribution in [0.3, 0.4) is 0 Å². The van der Waals surface area contributed by atoms with Crippen LogP contribution in [0.15, 0.2) is 24.7 Å². The number of rotatable bonds is 1. The van der Waals surface area contributed by atoms with Gasteiger partial charge >= 0.3 is 0 Å². The highest BCUT2D eigenvalue weighted by atomic mass is 19.2. The average molecular weight is 234 g/mol. The van der Waals surface area contributed by atoms with E-state index < -0.39 is 11.6 Å². The second kappa shape index (κ2) is 3.38. The van der Waals surface area contributed by atoms with Crippen molar-refractivity contribution in [3.63, 3.8) is 0 Å². The summed E-state index contributed by atoms with van der Waals surface area (Å²) in [7, 11) is 1.82. The summed E-state index contributed by atoms with van der Waals surface area (Å²) in [5.41, 5.74) is 1.03. The third-order valence-electron chi connectivity index (χ3n) is 2.49. The van der Waals surface area contributed by atoms with Gasteiger partial charge in [0, 0.05) is 13.2 Å². The minimum atomic E-state index is -0.944. The molecule has 0 radical (unpaired) electrons. The van der Waals surface area contributed by atoms with Crippen molar-refractivity contribution in [3.8, 4) is 11.5 Å². The Morgan fingerprint density at radius 1 is 1.29 bits per heavy atom. The minimum absolute atomic E-state index is 0.00865. The van der Waals surface area contributed by atoms with Crippen LogP contribution < -0.4 is 0 Å². The highest BCUT2D eigenvalue weighted by Crippen LogP contribution is 2.22. The molecule has 86 valence electrons. The Morgan fingerprint density at radius 3 is 2.82 bits per heavy atom. The lowest BCUT2D eigenvalue weighted by Gasteiger charge is -1.91. The number of hydrogen-bond donors (Lipinski definition) is 1. The summed E-state index contributed by atoms with van der Waals surface area (Å²) in [6, 6.07) is 2.52. The quantitative estimate of drug-likeness (QED) is 0.701. The first-order chi connectivity index (χ1) is 8.15. The van der Waals surface area contributed by atoms with Gasteiger partial charge in [-0.05, 0) is 12.1 Å². The maximum absolute atomic E-state index is 13.4. The van der Waals surface area contributed by atoms with Crippen LogP contribution in [0.5, 0.6) is 0 Å². The number of fused-ring (bicyclic) bond motifs is 1. The number of imidazole rings is 2. The first kappa shape index (κ1) is 9.95. The van der Waals surface area contributed by atoms with Gasteiger partial charge < -0.3 is 9.55 Å². The molecule has 0 aliphatic rings. The normalized spacial score (nSPS) is 11.2. The number of H-pyrrole nitrogens is 1. The Kier molecular flexibility index (Phi) is 1.98. The van der Waals surface area contributed by atoms with Crippen molar-refractivity contribution in [1.82, 2.24) is 19.5 Å². The van der Waals surface area contributed by atoms with Crippen molar-refractivity contribution < 1.29 is 8.78 Å². The van der Waals surface area contributed by atoms with Crippen molar-refractivity contribution >= 4 is 11.0 Å².